The van der Waals surface area contributed by atoms with Crippen LogP contribution in [0.2, 0.25) is 4.47 Å². The highest BCUT2D eigenvalue weighted by molar-refractivity contribution is 7.15. The molecule has 2 rings (SSSR count). The summed E-state index contributed by atoms with van der Waals surface area (Å²) in [7, 11) is 0. The molecule has 1 aromatic rings. The standard InChI is InChI=1S/C8H11ClN2OS/c9-8-11-4-7(13-8)5-12-6-1-2-10-3-6/h4,6,10H,1-3,5H2. The molecule has 1 atom stereocenters. The van der Waals surface area contributed by atoms with Gasteiger partial charge in [-0.05, 0) is 13.0 Å². The summed E-state index contributed by atoms with van der Waals surface area (Å²) in [6, 6.07) is 0. The van der Waals surface area contributed by atoms with Gasteiger partial charge >= 0.3 is 0 Å². The Balaban J connectivity index is 1.78. The predicted molar refractivity (Wildman–Crippen MR) is 53.2 cm³/mol. The van der Waals surface area contributed by atoms with Crippen LogP contribution in [0.5, 0.6) is 0 Å². The smallest absolute Gasteiger partial charge is 0.183 e. The number of rotatable bonds is 3. The highest BCUT2D eigenvalue weighted by Crippen LogP contribution is 2.19. The molecule has 1 aliphatic heterocycles. The number of nitrogens with zero attached hydrogens (tertiary/aromatic N) is 1. The monoisotopic (exact) mass is 218 g/mol. The molecule has 1 aromatic heterocycles. The van der Waals surface area contributed by atoms with Gasteiger partial charge in [0.25, 0.3) is 0 Å². The first-order valence-corrected chi connectivity index (χ1v) is 5.46. The Kier molecular flexibility index (Phi) is 3.16. The fraction of sp³-hybridized carbons (Fsp3) is 0.625. The molecule has 2 heterocycles. The minimum Gasteiger partial charge on any atom is -0.371 e. The molecule has 1 unspecified atom stereocenters. The summed E-state index contributed by atoms with van der Waals surface area (Å²) in [5.41, 5.74) is 0. The lowest BCUT2D eigenvalue weighted by Crippen LogP contribution is -2.16. The molecule has 0 aliphatic carbocycles. The summed E-state index contributed by atoms with van der Waals surface area (Å²) in [5.74, 6) is 0. The minimum atomic E-state index is 0.362. The fourth-order valence-electron chi connectivity index (χ4n) is 1.32. The second kappa shape index (κ2) is 4.37. The van der Waals surface area contributed by atoms with Crippen molar-refractivity contribution in [3.8, 4) is 0 Å². The third-order valence-electron chi connectivity index (χ3n) is 2.00. The number of hydrogen-bond acceptors (Lipinski definition) is 4. The molecular weight excluding hydrogens is 208 g/mol. The van der Waals surface area contributed by atoms with E-state index >= 15 is 0 Å². The number of thiazole rings is 1. The van der Waals surface area contributed by atoms with E-state index in [0.717, 1.165) is 24.4 Å². The Bertz CT molecular complexity index is 273. The van der Waals surface area contributed by atoms with Crippen molar-refractivity contribution >= 4 is 22.9 Å². The summed E-state index contributed by atoms with van der Waals surface area (Å²) >= 11 is 7.18. The summed E-state index contributed by atoms with van der Waals surface area (Å²) in [6.07, 6.45) is 3.24. The van der Waals surface area contributed by atoms with Crippen LogP contribution in [-0.4, -0.2) is 24.2 Å². The van der Waals surface area contributed by atoms with E-state index < -0.39 is 0 Å². The van der Waals surface area contributed by atoms with Crippen LogP contribution in [0.25, 0.3) is 0 Å². The summed E-state index contributed by atoms with van der Waals surface area (Å²) in [4.78, 5) is 5.04. The van der Waals surface area contributed by atoms with Gasteiger partial charge in [-0.3, -0.25) is 0 Å². The lowest BCUT2D eigenvalue weighted by atomic mass is 10.3. The van der Waals surface area contributed by atoms with Gasteiger partial charge in [0.05, 0.1) is 17.6 Å². The van der Waals surface area contributed by atoms with Gasteiger partial charge in [0, 0.05) is 12.7 Å². The predicted octanol–water partition coefficient (Wildman–Crippen LogP) is 1.68. The SMILES string of the molecule is Clc1ncc(COC2CCNC2)s1. The van der Waals surface area contributed by atoms with Crippen molar-refractivity contribution in [2.75, 3.05) is 13.1 Å². The van der Waals surface area contributed by atoms with Gasteiger partial charge in [-0.25, -0.2) is 4.98 Å². The number of nitrogens with one attached hydrogen (secondary N) is 1. The topological polar surface area (TPSA) is 34.1 Å². The molecule has 1 fully saturated rings. The second-order valence-electron chi connectivity index (χ2n) is 3.01. The van der Waals surface area contributed by atoms with Gasteiger partial charge in [0.2, 0.25) is 0 Å². The molecule has 0 amide bonds. The van der Waals surface area contributed by atoms with Crippen LogP contribution in [0.15, 0.2) is 6.20 Å². The Labute approximate surface area is 86.1 Å². The van der Waals surface area contributed by atoms with Gasteiger partial charge in [-0.2, -0.15) is 0 Å². The molecule has 13 heavy (non-hydrogen) atoms. The lowest BCUT2D eigenvalue weighted by Gasteiger charge is -2.07. The average molecular weight is 219 g/mol. The van der Waals surface area contributed by atoms with E-state index in [0.29, 0.717) is 17.2 Å². The Morgan fingerprint density at radius 3 is 3.31 bits per heavy atom. The van der Waals surface area contributed by atoms with E-state index in [-0.39, 0.29) is 0 Å². The maximum atomic E-state index is 5.70. The van der Waals surface area contributed by atoms with E-state index in [4.69, 9.17) is 16.3 Å². The van der Waals surface area contributed by atoms with E-state index in [2.05, 4.69) is 10.3 Å². The summed E-state index contributed by atoms with van der Waals surface area (Å²) in [5, 5.41) is 3.25. The van der Waals surface area contributed by atoms with Crippen molar-refractivity contribution in [3.63, 3.8) is 0 Å². The maximum absolute atomic E-state index is 5.70. The summed E-state index contributed by atoms with van der Waals surface area (Å²) in [6.45, 7) is 2.66. The van der Waals surface area contributed by atoms with Crippen molar-refractivity contribution in [3.05, 3.63) is 15.5 Å². The zero-order valence-electron chi connectivity index (χ0n) is 7.12. The normalized spacial score (nSPS) is 22.4. The quantitative estimate of drug-likeness (QED) is 0.838. The van der Waals surface area contributed by atoms with Crippen LogP contribution in [0.3, 0.4) is 0 Å². The third kappa shape index (κ3) is 2.64. The second-order valence-corrected chi connectivity index (χ2v) is 4.70. The van der Waals surface area contributed by atoms with E-state index in [1.807, 2.05) is 0 Å². The largest absolute Gasteiger partial charge is 0.371 e. The molecule has 0 spiro atoms. The Morgan fingerprint density at radius 1 is 1.77 bits per heavy atom. The van der Waals surface area contributed by atoms with Crippen LogP contribution in [-0.2, 0) is 11.3 Å². The van der Waals surface area contributed by atoms with Gasteiger partial charge in [-0.1, -0.05) is 11.6 Å². The first kappa shape index (κ1) is 9.40. The van der Waals surface area contributed by atoms with Crippen LogP contribution in [0.1, 0.15) is 11.3 Å². The van der Waals surface area contributed by atoms with Crippen molar-refractivity contribution in [2.45, 2.75) is 19.1 Å². The molecule has 1 aliphatic rings. The highest BCUT2D eigenvalue weighted by Gasteiger charge is 2.14. The van der Waals surface area contributed by atoms with Crippen LogP contribution in [0.4, 0.5) is 0 Å². The van der Waals surface area contributed by atoms with Gasteiger partial charge in [0.1, 0.15) is 0 Å². The molecule has 0 bridgehead atoms. The first-order chi connectivity index (χ1) is 6.34. The summed E-state index contributed by atoms with van der Waals surface area (Å²) < 4.78 is 6.24. The van der Waals surface area contributed by atoms with Crippen LogP contribution >= 0.6 is 22.9 Å². The van der Waals surface area contributed by atoms with E-state index in [9.17, 15) is 0 Å². The Hall–Kier alpha value is -0.160. The van der Waals surface area contributed by atoms with Crippen LogP contribution in [0, 0.1) is 0 Å². The van der Waals surface area contributed by atoms with Crippen LogP contribution < -0.4 is 5.32 Å². The molecule has 72 valence electrons. The molecule has 5 heteroatoms. The van der Waals surface area contributed by atoms with Crippen molar-refractivity contribution in [1.29, 1.82) is 0 Å². The average Bonchev–Trinajstić information content (AvgIpc) is 2.71. The van der Waals surface area contributed by atoms with Gasteiger partial charge in [-0.15, -0.1) is 11.3 Å². The zero-order valence-corrected chi connectivity index (χ0v) is 8.70. The van der Waals surface area contributed by atoms with Crippen molar-refractivity contribution in [1.82, 2.24) is 10.3 Å². The number of ether oxygens (including phenoxy) is 1. The number of hydrogen-bond donors (Lipinski definition) is 1. The molecule has 0 saturated carbocycles. The van der Waals surface area contributed by atoms with Crippen molar-refractivity contribution in [2.24, 2.45) is 0 Å². The molecular formula is C8H11ClN2OS. The molecule has 1 saturated heterocycles. The number of aromatic nitrogens is 1. The van der Waals surface area contributed by atoms with Gasteiger partial charge in [0.15, 0.2) is 4.47 Å². The molecule has 0 radical (unpaired) electrons. The fourth-order valence-corrected chi connectivity index (χ4v) is 2.22. The van der Waals surface area contributed by atoms with Gasteiger partial charge < -0.3 is 10.1 Å². The molecule has 1 N–H and O–H groups in total. The molecule has 0 aromatic carbocycles. The number of halogens is 1. The van der Waals surface area contributed by atoms with E-state index in [1.165, 1.54) is 11.3 Å². The minimum absolute atomic E-state index is 0.362. The highest BCUT2D eigenvalue weighted by atomic mass is 35.5. The van der Waals surface area contributed by atoms with E-state index in [1.54, 1.807) is 6.20 Å². The molecule has 3 nitrogen and oxygen atoms in total. The Morgan fingerprint density at radius 2 is 2.69 bits per heavy atom. The lowest BCUT2D eigenvalue weighted by molar-refractivity contribution is 0.0558. The maximum Gasteiger partial charge on any atom is 0.183 e. The third-order valence-corrected chi connectivity index (χ3v) is 3.09. The zero-order chi connectivity index (χ0) is 9.10. The first-order valence-electron chi connectivity index (χ1n) is 4.27. The van der Waals surface area contributed by atoms with Crippen molar-refractivity contribution < 1.29 is 4.74 Å².